The number of ether oxygens (including phenoxy) is 1. The molecule has 1 heterocycles. The van der Waals surface area contributed by atoms with E-state index in [9.17, 15) is 5.11 Å². The third-order valence-corrected chi connectivity index (χ3v) is 5.81. The summed E-state index contributed by atoms with van der Waals surface area (Å²) >= 11 is 0. The molecule has 1 atom stereocenters. The monoisotopic (exact) mass is 428 g/mol. The van der Waals surface area contributed by atoms with Crippen molar-refractivity contribution in [3.05, 3.63) is 96.6 Å². The van der Waals surface area contributed by atoms with Crippen LogP contribution in [-0.4, -0.2) is 66.9 Å². The second-order valence-corrected chi connectivity index (χ2v) is 8.27. The van der Waals surface area contributed by atoms with Crippen molar-refractivity contribution >= 4 is 6.08 Å². The lowest BCUT2D eigenvalue weighted by atomic mass is 10.1. The minimum atomic E-state index is -0.492. The normalized spacial score (nSPS) is 16.3. The van der Waals surface area contributed by atoms with Gasteiger partial charge in [-0.05, 0) is 28.8 Å². The summed E-state index contributed by atoms with van der Waals surface area (Å²) in [6.45, 7) is 5.92. The average molecular weight is 429 g/mol. The Kier molecular flexibility index (Phi) is 8.10. The number of benzene rings is 3. The Labute approximate surface area is 191 Å². The number of rotatable bonds is 9. The Morgan fingerprint density at radius 2 is 1.34 bits per heavy atom. The molecule has 0 radical (unpaired) electrons. The van der Waals surface area contributed by atoms with E-state index in [0.29, 0.717) is 13.2 Å². The van der Waals surface area contributed by atoms with Crippen LogP contribution in [0.1, 0.15) is 5.56 Å². The lowest BCUT2D eigenvalue weighted by Gasteiger charge is -2.35. The summed E-state index contributed by atoms with van der Waals surface area (Å²) in [6.07, 6.45) is 3.92. The Morgan fingerprint density at radius 3 is 2.03 bits per heavy atom. The topological polar surface area (TPSA) is 35.9 Å². The van der Waals surface area contributed by atoms with Crippen LogP contribution in [-0.2, 0) is 0 Å². The molecule has 1 aliphatic heterocycles. The van der Waals surface area contributed by atoms with Crippen LogP contribution in [0.15, 0.2) is 91.0 Å². The largest absolute Gasteiger partial charge is 0.491 e. The van der Waals surface area contributed by atoms with E-state index in [1.807, 2.05) is 36.4 Å². The highest BCUT2D eigenvalue weighted by atomic mass is 16.5. The van der Waals surface area contributed by atoms with E-state index < -0.39 is 6.10 Å². The van der Waals surface area contributed by atoms with Gasteiger partial charge in [0.2, 0.25) is 0 Å². The van der Waals surface area contributed by atoms with Crippen LogP contribution in [0.5, 0.6) is 5.75 Å². The van der Waals surface area contributed by atoms with E-state index in [1.54, 1.807) is 0 Å². The Hall–Kier alpha value is -2.92. The predicted octanol–water partition coefficient (Wildman–Crippen LogP) is 4.42. The molecule has 0 spiro atoms. The second kappa shape index (κ2) is 11.6. The summed E-state index contributed by atoms with van der Waals surface area (Å²) in [4.78, 5) is 4.77. The molecule has 1 saturated heterocycles. The molecule has 4 nitrogen and oxygen atoms in total. The highest BCUT2D eigenvalue weighted by Gasteiger charge is 2.18. The maximum Gasteiger partial charge on any atom is 0.119 e. The van der Waals surface area contributed by atoms with Crippen LogP contribution in [0.2, 0.25) is 0 Å². The van der Waals surface area contributed by atoms with Crippen LogP contribution in [0.3, 0.4) is 0 Å². The number of nitrogens with zero attached hydrogens (tertiary/aromatic N) is 2. The van der Waals surface area contributed by atoms with E-state index in [4.69, 9.17) is 4.74 Å². The van der Waals surface area contributed by atoms with E-state index in [2.05, 4.69) is 70.5 Å². The molecule has 4 heteroatoms. The van der Waals surface area contributed by atoms with Gasteiger partial charge in [-0.15, -0.1) is 0 Å². The van der Waals surface area contributed by atoms with Crippen LogP contribution in [0.4, 0.5) is 0 Å². The Morgan fingerprint density at radius 1 is 0.750 bits per heavy atom. The first-order chi connectivity index (χ1) is 15.8. The quantitative estimate of drug-likeness (QED) is 0.547. The number of aliphatic hydroxyl groups excluding tert-OH is 1. The van der Waals surface area contributed by atoms with Gasteiger partial charge in [0.15, 0.2) is 0 Å². The standard InChI is InChI=1S/C28H32N2O2/c31-27(23-32-28-15-13-26(14-16-28)25-11-5-2-6-12-25)22-30-20-18-29(19-21-30)17-7-10-24-8-3-1-4-9-24/h1-16,27,31H,17-23H2/b10-7+. The molecule has 3 aromatic rings. The molecule has 0 aromatic heterocycles. The minimum Gasteiger partial charge on any atom is -0.491 e. The molecule has 3 aromatic carbocycles. The number of hydrogen-bond donors (Lipinski definition) is 1. The molecule has 1 aliphatic rings. The third kappa shape index (κ3) is 6.79. The molecule has 0 amide bonds. The van der Waals surface area contributed by atoms with Crippen LogP contribution in [0, 0.1) is 0 Å². The van der Waals surface area contributed by atoms with Crippen molar-refractivity contribution in [2.75, 3.05) is 45.9 Å². The predicted molar refractivity (Wildman–Crippen MR) is 132 cm³/mol. The van der Waals surface area contributed by atoms with Crippen molar-refractivity contribution in [1.29, 1.82) is 0 Å². The van der Waals surface area contributed by atoms with Crippen LogP contribution in [0.25, 0.3) is 17.2 Å². The van der Waals surface area contributed by atoms with Gasteiger partial charge in [0.25, 0.3) is 0 Å². The summed E-state index contributed by atoms with van der Waals surface area (Å²) in [5, 5.41) is 10.4. The van der Waals surface area contributed by atoms with Gasteiger partial charge in [0.05, 0.1) is 0 Å². The molecule has 0 aliphatic carbocycles. The molecule has 1 unspecified atom stereocenters. The first kappa shape index (κ1) is 22.3. The van der Waals surface area contributed by atoms with Crippen molar-refractivity contribution < 1.29 is 9.84 Å². The van der Waals surface area contributed by atoms with Crippen molar-refractivity contribution in [3.8, 4) is 16.9 Å². The molecule has 0 bridgehead atoms. The number of β-amino-alcohol motifs (C(OH)–C–C–N with tert-alkyl or cyclic N) is 1. The van der Waals surface area contributed by atoms with Crippen molar-refractivity contribution in [1.82, 2.24) is 9.80 Å². The summed E-state index contributed by atoms with van der Waals surface area (Å²) in [5.41, 5.74) is 3.59. The first-order valence-electron chi connectivity index (χ1n) is 11.4. The van der Waals surface area contributed by atoms with Gasteiger partial charge in [-0.3, -0.25) is 9.80 Å². The van der Waals surface area contributed by atoms with E-state index >= 15 is 0 Å². The van der Waals surface area contributed by atoms with Gasteiger partial charge < -0.3 is 9.84 Å². The summed E-state index contributed by atoms with van der Waals surface area (Å²) in [6, 6.07) is 28.7. The molecule has 0 saturated carbocycles. The van der Waals surface area contributed by atoms with Crippen LogP contribution < -0.4 is 4.74 Å². The van der Waals surface area contributed by atoms with E-state index in [0.717, 1.165) is 44.0 Å². The molecule has 4 rings (SSSR count). The second-order valence-electron chi connectivity index (χ2n) is 8.27. The van der Waals surface area contributed by atoms with Crippen molar-refractivity contribution in [2.45, 2.75) is 6.10 Å². The van der Waals surface area contributed by atoms with E-state index in [-0.39, 0.29) is 0 Å². The van der Waals surface area contributed by atoms with Crippen molar-refractivity contribution in [2.24, 2.45) is 0 Å². The SMILES string of the molecule is OC(COc1ccc(-c2ccccc2)cc1)CN1CCN(C/C=C/c2ccccc2)CC1. The zero-order valence-electron chi connectivity index (χ0n) is 18.5. The average Bonchev–Trinajstić information content (AvgIpc) is 2.85. The highest BCUT2D eigenvalue weighted by molar-refractivity contribution is 5.63. The summed E-state index contributed by atoms with van der Waals surface area (Å²) in [7, 11) is 0. The van der Waals surface area contributed by atoms with Gasteiger partial charge in [-0.2, -0.15) is 0 Å². The molecule has 1 N–H and O–H groups in total. The Bertz CT molecular complexity index is 950. The molecular weight excluding hydrogens is 396 g/mol. The van der Waals surface area contributed by atoms with Gasteiger partial charge in [0.1, 0.15) is 18.5 Å². The van der Waals surface area contributed by atoms with E-state index in [1.165, 1.54) is 11.1 Å². The number of hydrogen-bond acceptors (Lipinski definition) is 4. The fourth-order valence-electron chi connectivity index (χ4n) is 3.97. The lowest BCUT2D eigenvalue weighted by molar-refractivity contribution is 0.0482. The summed E-state index contributed by atoms with van der Waals surface area (Å²) < 4.78 is 5.82. The lowest BCUT2D eigenvalue weighted by Crippen LogP contribution is -2.49. The number of aliphatic hydroxyl groups is 1. The molecular formula is C28H32N2O2. The molecule has 166 valence electrons. The fourth-order valence-corrected chi connectivity index (χ4v) is 3.97. The highest BCUT2D eigenvalue weighted by Crippen LogP contribution is 2.22. The van der Waals surface area contributed by atoms with Gasteiger partial charge in [-0.25, -0.2) is 0 Å². The third-order valence-electron chi connectivity index (χ3n) is 5.81. The first-order valence-corrected chi connectivity index (χ1v) is 11.4. The summed E-state index contributed by atoms with van der Waals surface area (Å²) in [5.74, 6) is 0.791. The Balaban J connectivity index is 1.15. The molecule has 1 fully saturated rings. The number of piperazine rings is 1. The fraction of sp³-hybridized carbons (Fsp3) is 0.286. The maximum atomic E-state index is 10.4. The molecule has 32 heavy (non-hydrogen) atoms. The maximum absolute atomic E-state index is 10.4. The van der Waals surface area contributed by atoms with Gasteiger partial charge >= 0.3 is 0 Å². The van der Waals surface area contributed by atoms with Gasteiger partial charge in [0, 0.05) is 39.3 Å². The van der Waals surface area contributed by atoms with Gasteiger partial charge in [-0.1, -0.05) is 84.9 Å². The van der Waals surface area contributed by atoms with Crippen molar-refractivity contribution in [3.63, 3.8) is 0 Å². The zero-order valence-corrected chi connectivity index (χ0v) is 18.5. The zero-order chi connectivity index (χ0) is 22.0. The smallest absolute Gasteiger partial charge is 0.119 e. The van der Waals surface area contributed by atoms with Crippen LogP contribution >= 0.6 is 0 Å². The minimum absolute atomic E-state index is 0.310.